The van der Waals surface area contributed by atoms with Gasteiger partial charge in [0.1, 0.15) is 10.6 Å². The van der Waals surface area contributed by atoms with E-state index in [0.717, 1.165) is 55.9 Å². The van der Waals surface area contributed by atoms with Gasteiger partial charge >= 0.3 is 5.97 Å². The maximum absolute atomic E-state index is 14.6. The summed E-state index contributed by atoms with van der Waals surface area (Å²) in [5.41, 5.74) is 0.931. The van der Waals surface area contributed by atoms with Crippen LogP contribution in [-0.2, 0) is 22.4 Å². The quantitative estimate of drug-likeness (QED) is 0.224. The average Bonchev–Trinajstić information content (AvgIpc) is 3.12. The van der Waals surface area contributed by atoms with Crippen molar-refractivity contribution in [2.75, 3.05) is 12.4 Å². The summed E-state index contributed by atoms with van der Waals surface area (Å²) >= 11 is 2.65. The minimum atomic E-state index is -0.503. The first kappa shape index (κ1) is 21.1. The zero-order chi connectivity index (χ0) is 21.1. The molecule has 0 aliphatic heterocycles. The summed E-state index contributed by atoms with van der Waals surface area (Å²) in [6.45, 7) is 2.40. The number of aromatic nitrogens is 2. The van der Waals surface area contributed by atoms with E-state index in [1.165, 1.54) is 26.8 Å². The van der Waals surface area contributed by atoms with Gasteiger partial charge in [0.15, 0.2) is 5.16 Å². The molecule has 0 fully saturated rings. The Labute approximate surface area is 182 Å². The highest BCUT2D eigenvalue weighted by molar-refractivity contribution is 7.99. The van der Waals surface area contributed by atoms with Crippen LogP contribution in [0.2, 0.25) is 0 Å². The number of fused-ring (bicyclic) bond motifs is 3. The second-order valence-electron chi connectivity index (χ2n) is 7.24. The molecule has 2 heterocycles. The van der Waals surface area contributed by atoms with E-state index in [0.29, 0.717) is 22.0 Å². The molecule has 2 aromatic heterocycles. The van der Waals surface area contributed by atoms with Crippen molar-refractivity contribution < 1.29 is 13.9 Å². The van der Waals surface area contributed by atoms with E-state index in [4.69, 9.17) is 9.72 Å². The van der Waals surface area contributed by atoms with Gasteiger partial charge in [-0.15, -0.1) is 11.3 Å². The maximum Gasteiger partial charge on any atom is 0.316 e. The molecule has 0 saturated carbocycles. The molecule has 1 aromatic carbocycles. The summed E-state index contributed by atoms with van der Waals surface area (Å²) in [4.78, 5) is 32.2. The second-order valence-corrected chi connectivity index (χ2v) is 9.27. The van der Waals surface area contributed by atoms with Crippen molar-refractivity contribution in [3.63, 3.8) is 0 Å². The molecule has 1 aliphatic carbocycles. The number of nitrogens with zero attached hydrogens (tertiary/aromatic N) is 2. The Kier molecular flexibility index (Phi) is 6.53. The number of esters is 1. The molecular weight excluding hydrogens is 423 g/mol. The second kappa shape index (κ2) is 9.31. The highest BCUT2D eigenvalue weighted by atomic mass is 32.2. The van der Waals surface area contributed by atoms with Gasteiger partial charge < -0.3 is 4.74 Å². The van der Waals surface area contributed by atoms with Crippen LogP contribution in [0.5, 0.6) is 0 Å². The van der Waals surface area contributed by atoms with Crippen molar-refractivity contribution in [2.45, 2.75) is 50.6 Å². The van der Waals surface area contributed by atoms with Crippen molar-refractivity contribution in [2.24, 2.45) is 0 Å². The fourth-order valence-electron chi connectivity index (χ4n) is 3.62. The van der Waals surface area contributed by atoms with Crippen LogP contribution in [-0.4, -0.2) is 27.9 Å². The van der Waals surface area contributed by atoms with Gasteiger partial charge in [-0.25, -0.2) is 9.37 Å². The van der Waals surface area contributed by atoms with Gasteiger partial charge in [-0.1, -0.05) is 37.2 Å². The molecule has 8 heteroatoms. The highest BCUT2D eigenvalue weighted by Crippen LogP contribution is 2.35. The summed E-state index contributed by atoms with van der Waals surface area (Å²) < 4.78 is 21.1. The van der Waals surface area contributed by atoms with Gasteiger partial charge in [0, 0.05) is 4.88 Å². The van der Waals surface area contributed by atoms with Crippen molar-refractivity contribution in [3.8, 4) is 5.69 Å². The third-order valence-electron chi connectivity index (χ3n) is 5.13. The largest absolute Gasteiger partial charge is 0.465 e. The van der Waals surface area contributed by atoms with Gasteiger partial charge in [-0.2, -0.15) is 0 Å². The molecule has 3 aromatic rings. The van der Waals surface area contributed by atoms with Gasteiger partial charge in [-0.3, -0.25) is 14.2 Å². The number of thioether (sulfide) groups is 1. The van der Waals surface area contributed by atoms with E-state index >= 15 is 0 Å². The molecule has 30 heavy (non-hydrogen) atoms. The Morgan fingerprint density at radius 3 is 2.90 bits per heavy atom. The molecule has 0 bridgehead atoms. The van der Waals surface area contributed by atoms with Crippen molar-refractivity contribution in [1.82, 2.24) is 9.55 Å². The Hall–Kier alpha value is -2.19. The first-order chi connectivity index (χ1) is 14.6. The van der Waals surface area contributed by atoms with E-state index in [9.17, 15) is 14.0 Å². The Morgan fingerprint density at radius 2 is 2.10 bits per heavy atom. The number of thiophene rings is 1. The summed E-state index contributed by atoms with van der Waals surface area (Å²) in [6, 6.07) is 6.15. The number of hydrogen-bond donors (Lipinski definition) is 0. The van der Waals surface area contributed by atoms with E-state index in [2.05, 4.69) is 0 Å². The minimum absolute atomic E-state index is 0.0151. The molecule has 5 nitrogen and oxygen atoms in total. The minimum Gasteiger partial charge on any atom is -0.465 e. The topological polar surface area (TPSA) is 61.2 Å². The molecule has 4 rings (SSSR count). The van der Waals surface area contributed by atoms with Gasteiger partial charge in [0.2, 0.25) is 0 Å². The molecule has 158 valence electrons. The molecule has 0 atom stereocenters. The van der Waals surface area contributed by atoms with Crippen LogP contribution in [0, 0.1) is 5.82 Å². The zero-order valence-electron chi connectivity index (χ0n) is 16.8. The predicted molar refractivity (Wildman–Crippen MR) is 118 cm³/mol. The lowest BCUT2D eigenvalue weighted by Gasteiger charge is -2.14. The smallest absolute Gasteiger partial charge is 0.316 e. The van der Waals surface area contributed by atoms with Crippen LogP contribution in [0.3, 0.4) is 0 Å². The molecule has 0 amide bonds. The first-order valence-electron chi connectivity index (χ1n) is 10.2. The third-order valence-corrected chi connectivity index (χ3v) is 7.23. The Morgan fingerprint density at radius 1 is 1.30 bits per heavy atom. The lowest BCUT2D eigenvalue weighted by molar-refractivity contribution is -0.140. The number of benzene rings is 1. The average molecular weight is 447 g/mol. The highest BCUT2D eigenvalue weighted by Gasteiger charge is 2.24. The van der Waals surface area contributed by atoms with E-state index in [-0.39, 0.29) is 23.0 Å². The standard InChI is InChI=1S/C22H23FN2O3S2/c1-2-3-12-28-18(26)13-29-22-24-20-19(14-8-4-7-11-17(14)30-20)21(27)25(22)16-10-6-5-9-15(16)23/h5-6,9-10H,2-4,7-8,11-13H2,1H3. The number of carbonyl (C=O) groups excluding carboxylic acids is 1. The zero-order valence-corrected chi connectivity index (χ0v) is 18.4. The van der Waals surface area contributed by atoms with Crippen LogP contribution < -0.4 is 5.56 Å². The predicted octanol–water partition coefficient (Wildman–Crippen LogP) is 4.90. The summed E-state index contributed by atoms with van der Waals surface area (Å²) in [5, 5.41) is 0.900. The number of rotatable bonds is 7. The van der Waals surface area contributed by atoms with Crippen LogP contribution in [0.25, 0.3) is 15.9 Å². The Bertz CT molecular complexity index is 1140. The summed E-state index contributed by atoms with van der Waals surface area (Å²) in [6.07, 6.45) is 5.68. The normalized spacial score (nSPS) is 13.4. The molecule has 0 saturated heterocycles. The number of unbranched alkanes of at least 4 members (excludes halogenated alkanes) is 1. The number of para-hydroxylation sites is 1. The van der Waals surface area contributed by atoms with Gasteiger partial charge in [0.25, 0.3) is 5.56 Å². The van der Waals surface area contributed by atoms with Crippen LogP contribution >= 0.6 is 23.1 Å². The molecule has 0 spiro atoms. The van der Waals surface area contributed by atoms with Crippen molar-refractivity contribution in [3.05, 3.63) is 50.9 Å². The van der Waals surface area contributed by atoms with E-state index < -0.39 is 5.82 Å². The van der Waals surface area contributed by atoms with Crippen molar-refractivity contribution >= 4 is 39.3 Å². The molecule has 0 N–H and O–H groups in total. The fraction of sp³-hybridized carbons (Fsp3) is 0.409. The fourth-order valence-corrected chi connectivity index (χ4v) is 5.73. The number of hydrogen-bond acceptors (Lipinski definition) is 6. The van der Waals surface area contributed by atoms with Crippen LogP contribution in [0.15, 0.2) is 34.2 Å². The summed E-state index contributed by atoms with van der Waals surface area (Å²) in [5.74, 6) is -0.855. The van der Waals surface area contributed by atoms with Crippen molar-refractivity contribution in [1.29, 1.82) is 0 Å². The lowest BCUT2D eigenvalue weighted by Crippen LogP contribution is -2.23. The van der Waals surface area contributed by atoms with E-state index in [1.54, 1.807) is 18.2 Å². The molecular formula is C22H23FN2O3S2. The van der Waals surface area contributed by atoms with Gasteiger partial charge in [-0.05, 0) is 49.8 Å². The first-order valence-corrected chi connectivity index (χ1v) is 12.0. The van der Waals surface area contributed by atoms with Gasteiger partial charge in [0.05, 0.1) is 23.4 Å². The van der Waals surface area contributed by atoms with Crippen LogP contribution in [0.1, 0.15) is 43.0 Å². The maximum atomic E-state index is 14.6. The van der Waals surface area contributed by atoms with Crippen LogP contribution in [0.4, 0.5) is 4.39 Å². The number of carbonyl (C=O) groups is 1. The monoisotopic (exact) mass is 446 g/mol. The van der Waals surface area contributed by atoms with E-state index in [1.807, 2.05) is 6.92 Å². The number of ether oxygens (including phenoxy) is 1. The summed E-state index contributed by atoms with van der Waals surface area (Å²) in [7, 11) is 0. The lowest BCUT2D eigenvalue weighted by atomic mass is 9.97. The molecule has 0 unspecified atom stereocenters. The molecule has 1 aliphatic rings. The number of halogens is 1. The Balaban J connectivity index is 1.78. The SMILES string of the molecule is CCCCOC(=O)CSc1nc2sc3c(c2c(=O)n1-c1ccccc1F)CCCC3. The molecule has 0 radical (unpaired) electrons. The number of aryl methyl sites for hydroxylation is 2. The third kappa shape index (κ3) is 4.16.